The van der Waals surface area contributed by atoms with Crippen LogP contribution in [0.4, 0.5) is 11.6 Å². The van der Waals surface area contributed by atoms with Crippen molar-refractivity contribution in [3.8, 4) is 0 Å². The average molecular weight is 428 g/mol. The lowest BCUT2D eigenvalue weighted by molar-refractivity contribution is -0.0395. The summed E-state index contributed by atoms with van der Waals surface area (Å²) < 4.78 is 7.26. The van der Waals surface area contributed by atoms with E-state index in [9.17, 15) is 5.11 Å². The molecule has 1 fully saturated rings. The number of ether oxygens (including phenoxy) is 1. The van der Waals surface area contributed by atoms with Gasteiger partial charge < -0.3 is 19.6 Å². The number of fused-ring (bicyclic) bond motifs is 5. The Labute approximate surface area is 180 Å². The van der Waals surface area contributed by atoms with E-state index in [1.165, 1.54) is 24.0 Å². The topological polar surface area (TPSA) is 74.6 Å². The Morgan fingerprint density at radius 1 is 1.23 bits per heavy atom. The lowest BCUT2D eigenvalue weighted by Crippen LogP contribution is -2.33. The number of likely N-dealkylation sites (N-methyl/N-ethyl adjacent to an activating group) is 1. The Hall–Kier alpha value is -2.03. The van der Waals surface area contributed by atoms with E-state index in [0.29, 0.717) is 13.2 Å². The first-order valence-electron chi connectivity index (χ1n) is 10.9. The van der Waals surface area contributed by atoms with Gasteiger partial charge in [0.2, 0.25) is 0 Å². The first-order chi connectivity index (χ1) is 14.5. The van der Waals surface area contributed by atoms with E-state index < -0.39 is 0 Å². The monoisotopic (exact) mass is 427 g/mol. The van der Waals surface area contributed by atoms with E-state index in [0.717, 1.165) is 58.1 Å². The van der Waals surface area contributed by atoms with Gasteiger partial charge in [-0.15, -0.1) is 11.3 Å². The van der Waals surface area contributed by atoms with Crippen molar-refractivity contribution < 1.29 is 9.84 Å². The molecule has 8 heteroatoms. The van der Waals surface area contributed by atoms with Crippen molar-refractivity contribution in [1.29, 1.82) is 0 Å². The van der Waals surface area contributed by atoms with Crippen molar-refractivity contribution in [2.75, 3.05) is 42.6 Å². The fraction of sp³-hybridized carbons (Fsp3) is 0.591. The van der Waals surface area contributed by atoms with Gasteiger partial charge in [-0.3, -0.25) is 0 Å². The van der Waals surface area contributed by atoms with Crippen LogP contribution < -0.4 is 9.80 Å². The lowest BCUT2D eigenvalue weighted by Gasteiger charge is -2.34. The first-order valence-corrected chi connectivity index (χ1v) is 11.7. The fourth-order valence-electron chi connectivity index (χ4n) is 4.73. The van der Waals surface area contributed by atoms with Crippen LogP contribution in [-0.2, 0) is 17.8 Å². The van der Waals surface area contributed by atoms with Crippen LogP contribution >= 0.6 is 11.3 Å². The van der Waals surface area contributed by atoms with Crippen molar-refractivity contribution in [2.24, 2.45) is 0 Å². The number of hydrogen-bond donors (Lipinski definition) is 1. The number of pyridine rings is 1. The van der Waals surface area contributed by atoms with Crippen LogP contribution in [0.1, 0.15) is 44.7 Å². The third-order valence-corrected chi connectivity index (χ3v) is 7.31. The number of nitrogens with zero attached hydrogens (tertiary/aromatic N) is 5. The van der Waals surface area contributed by atoms with E-state index in [2.05, 4.69) is 35.6 Å². The highest BCUT2D eigenvalue weighted by atomic mass is 32.1. The Kier molecular flexibility index (Phi) is 5.03. The summed E-state index contributed by atoms with van der Waals surface area (Å²) >= 11 is 1.68. The highest BCUT2D eigenvalue weighted by Gasteiger charge is 2.33. The van der Waals surface area contributed by atoms with Crippen LogP contribution in [0.25, 0.3) is 20.4 Å². The standard InChI is InChI=1S/C22H29N5O2S/c1-4-26(9-10-28)20-18-17(23-13-24-20)16-14-11-22(2,3)29-12-15(14)19(25-21(16)30-18)27-7-5-6-8-27/h13,28H,4-12H2,1-3H3. The van der Waals surface area contributed by atoms with Gasteiger partial charge in [0.25, 0.3) is 0 Å². The zero-order chi connectivity index (χ0) is 20.9. The predicted molar refractivity (Wildman–Crippen MR) is 122 cm³/mol. The molecule has 30 heavy (non-hydrogen) atoms. The van der Waals surface area contributed by atoms with Crippen molar-refractivity contribution in [3.05, 3.63) is 17.5 Å². The van der Waals surface area contributed by atoms with Gasteiger partial charge in [-0.1, -0.05) is 0 Å². The number of anilines is 2. The molecule has 0 spiro atoms. The molecule has 3 aromatic rings. The minimum Gasteiger partial charge on any atom is -0.395 e. The molecule has 2 aliphatic rings. The van der Waals surface area contributed by atoms with E-state index in [1.54, 1.807) is 17.7 Å². The van der Waals surface area contributed by atoms with Crippen LogP contribution in [0, 0.1) is 0 Å². The second-order valence-corrected chi connectivity index (χ2v) is 9.77. The Morgan fingerprint density at radius 2 is 2.03 bits per heavy atom. The van der Waals surface area contributed by atoms with Gasteiger partial charge in [0.05, 0.1) is 29.0 Å². The zero-order valence-corrected chi connectivity index (χ0v) is 18.8. The van der Waals surface area contributed by atoms with Crippen LogP contribution in [0.2, 0.25) is 0 Å². The van der Waals surface area contributed by atoms with Gasteiger partial charge >= 0.3 is 0 Å². The third kappa shape index (κ3) is 3.21. The summed E-state index contributed by atoms with van der Waals surface area (Å²) in [5, 5.41) is 10.7. The lowest BCUT2D eigenvalue weighted by atomic mass is 9.90. The van der Waals surface area contributed by atoms with Crippen molar-refractivity contribution >= 4 is 43.4 Å². The van der Waals surface area contributed by atoms with Gasteiger partial charge in [0.1, 0.15) is 22.8 Å². The summed E-state index contributed by atoms with van der Waals surface area (Å²) in [6.07, 6.45) is 4.93. The Balaban J connectivity index is 1.78. The molecule has 3 aromatic heterocycles. The summed E-state index contributed by atoms with van der Waals surface area (Å²) in [5.74, 6) is 1.98. The van der Waals surface area contributed by atoms with Crippen LogP contribution in [0.15, 0.2) is 6.33 Å². The van der Waals surface area contributed by atoms with Crippen molar-refractivity contribution in [2.45, 2.75) is 52.2 Å². The van der Waals surface area contributed by atoms with Crippen molar-refractivity contribution in [3.63, 3.8) is 0 Å². The molecule has 7 nitrogen and oxygen atoms in total. The van der Waals surface area contributed by atoms with Gasteiger partial charge in [-0.25, -0.2) is 15.0 Å². The average Bonchev–Trinajstić information content (AvgIpc) is 3.38. The molecule has 5 heterocycles. The second kappa shape index (κ2) is 7.59. The van der Waals surface area contributed by atoms with Crippen LogP contribution in [0.5, 0.6) is 0 Å². The number of hydrogen-bond acceptors (Lipinski definition) is 8. The highest BCUT2D eigenvalue weighted by molar-refractivity contribution is 7.26. The molecule has 0 bridgehead atoms. The summed E-state index contributed by atoms with van der Waals surface area (Å²) in [6, 6.07) is 0. The summed E-state index contributed by atoms with van der Waals surface area (Å²) in [7, 11) is 0. The van der Waals surface area contributed by atoms with Gasteiger partial charge in [-0.2, -0.15) is 0 Å². The van der Waals surface area contributed by atoms with Gasteiger partial charge in [-0.05, 0) is 39.2 Å². The largest absolute Gasteiger partial charge is 0.395 e. The molecule has 0 saturated carbocycles. The highest BCUT2D eigenvalue weighted by Crippen LogP contribution is 2.44. The van der Waals surface area contributed by atoms with E-state index in [-0.39, 0.29) is 12.2 Å². The normalized spacial score (nSPS) is 18.3. The van der Waals surface area contributed by atoms with Crippen LogP contribution in [0.3, 0.4) is 0 Å². The minimum atomic E-state index is -0.208. The smallest absolute Gasteiger partial charge is 0.150 e. The molecule has 1 N–H and O–H groups in total. The molecule has 0 aromatic carbocycles. The second-order valence-electron chi connectivity index (χ2n) is 8.77. The van der Waals surface area contributed by atoms with E-state index in [1.807, 2.05) is 0 Å². The molecular weight excluding hydrogens is 398 g/mol. The Morgan fingerprint density at radius 3 is 2.77 bits per heavy atom. The minimum absolute atomic E-state index is 0.0997. The van der Waals surface area contributed by atoms with Crippen LogP contribution in [-0.4, -0.2) is 58.4 Å². The predicted octanol–water partition coefficient (Wildman–Crippen LogP) is 3.51. The van der Waals surface area contributed by atoms with Crippen molar-refractivity contribution in [1.82, 2.24) is 15.0 Å². The summed E-state index contributed by atoms with van der Waals surface area (Å²) in [5.41, 5.74) is 3.33. The SMILES string of the molecule is CCN(CCO)c1ncnc2c1sc1nc(N3CCCC3)c3c(c12)CC(C)(C)OC3. The Bertz CT molecular complexity index is 1090. The molecule has 0 atom stereocenters. The maximum atomic E-state index is 9.50. The molecule has 0 aliphatic carbocycles. The molecule has 0 amide bonds. The molecule has 2 aliphatic heterocycles. The molecule has 5 rings (SSSR count). The number of aliphatic hydroxyl groups is 1. The maximum Gasteiger partial charge on any atom is 0.150 e. The number of aromatic nitrogens is 3. The number of thiophene rings is 1. The molecule has 0 unspecified atom stereocenters. The molecule has 160 valence electrons. The number of rotatable bonds is 5. The first kappa shape index (κ1) is 19.9. The molecular formula is C22H29N5O2S. The summed E-state index contributed by atoms with van der Waals surface area (Å²) in [4.78, 5) is 20.0. The van der Waals surface area contributed by atoms with Gasteiger partial charge in [0, 0.05) is 43.5 Å². The number of aliphatic hydroxyl groups excluding tert-OH is 1. The fourth-order valence-corrected chi connectivity index (χ4v) is 5.90. The van der Waals surface area contributed by atoms with E-state index >= 15 is 0 Å². The quantitative estimate of drug-likeness (QED) is 0.668. The molecule has 1 saturated heterocycles. The maximum absolute atomic E-state index is 9.50. The molecule has 0 radical (unpaired) electrons. The zero-order valence-electron chi connectivity index (χ0n) is 17.9. The third-order valence-electron chi connectivity index (χ3n) is 6.24. The summed E-state index contributed by atoms with van der Waals surface area (Å²) in [6.45, 7) is 10.6. The van der Waals surface area contributed by atoms with Gasteiger partial charge in [0.15, 0.2) is 0 Å². The van der Waals surface area contributed by atoms with E-state index in [4.69, 9.17) is 14.7 Å².